The first-order chi connectivity index (χ1) is 8.34. The second-order valence-corrected chi connectivity index (χ2v) is 5.02. The summed E-state index contributed by atoms with van der Waals surface area (Å²) in [6.07, 6.45) is 5.00. The van der Waals surface area contributed by atoms with E-state index in [4.69, 9.17) is 4.74 Å². The van der Waals surface area contributed by atoms with E-state index in [1.165, 1.54) is 0 Å². The fraction of sp³-hybridized carbons (Fsp3) is 0.308. The first kappa shape index (κ1) is 10.7. The second-order valence-electron chi connectivity index (χ2n) is 4.07. The molecule has 3 rings (SSSR count). The molecule has 0 radical (unpaired) electrons. The summed E-state index contributed by atoms with van der Waals surface area (Å²) in [5.74, 6) is 0.661. The number of ether oxygens (including phenoxy) is 1. The molecule has 0 bridgehead atoms. The Morgan fingerprint density at radius 1 is 1.47 bits per heavy atom. The minimum Gasteiger partial charge on any atom is -0.495 e. The predicted octanol–water partition coefficient (Wildman–Crippen LogP) is 3.02. The molecule has 1 aliphatic rings. The summed E-state index contributed by atoms with van der Waals surface area (Å²) in [4.78, 5) is 4.32. The van der Waals surface area contributed by atoms with Crippen molar-refractivity contribution in [1.82, 2.24) is 4.98 Å². The number of fused-ring (bicyclic) bond motifs is 1. The topological polar surface area (TPSA) is 42.4 Å². The van der Waals surface area contributed by atoms with Crippen LogP contribution in [0.25, 0.3) is 10.2 Å². The maximum absolute atomic E-state index is 10.2. The van der Waals surface area contributed by atoms with Gasteiger partial charge in [0.1, 0.15) is 11.9 Å². The zero-order valence-corrected chi connectivity index (χ0v) is 10.1. The quantitative estimate of drug-likeness (QED) is 0.887. The first-order valence-electron chi connectivity index (χ1n) is 5.68. The van der Waals surface area contributed by atoms with Crippen molar-refractivity contribution in [2.75, 3.05) is 6.61 Å². The maximum Gasteiger partial charge on any atom is 0.137 e. The molecule has 88 valence electrons. The molecule has 2 aromatic heterocycles. The molecule has 0 aromatic carbocycles. The molecule has 0 saturated carbocycles. The molecule has 1 atom stereocenters. The Balaban J connectivity index is 1.94. The van der Waals surface area contributed by atoms with Gasteiger partial charge in [-0.1, -0.05) is 0 Å². The molecule has 3 heterocycles. The summed E-state index contributed by atoms with van der Waals surface area (Å²) < 4.78 is 6.57. The molecule has 0 fully saturated rings. The maximum atomic E-state index is 10.2. The van der Waals surface area contributed by atoms with Gasteiger partial charge in [-0.25, -0.2) is 0 Å². The Labute approximate surface area is 103 Å². The van der Waals surface area contributed by atoms with Crippen molar-refractivity contribution in [1.29, 1.82) is 0 Å². The third kappa shape index (κ3) is 2.06. The van der Waals surface area contributed by atoms with Gasteiger partial charge in [0.2, 0.25) is 0 Å². The molecule has 0 aliphatic carbocycles. The van der Waals surface area contributed by atoms with Crippen LogP contribution in [0.5, 0.6) is 0 Å². The van der Waals surface area contributed by atoms with E-state index in [-0.39, 0.29) is 0 Å². The average molecular weight is 247 g/mol. The monoisotopic (exact) mass is 247 g/mol. The van der Waals surface area contributed by atoms with Crippen molar-refractivity contribution in [2.45, 2.75) is 18.9 Å². The van der Waals surface area contributed by atoms with Gasteiger partial charge in [-0.15, -0.1) is 11.3 Å². The van der Waals surface area contributed by atoms with Crippen LogP contribution in [-0.2, 0) is 4.74 Å². The molecule has 1 N–H and O–H groups in total. The summed E-state index contributed by atoms with van der Waals surface area (Å²) >= 11 is 1.63. The molecule has 4 heteroatoms. The number of hydrogen-bond acceptors (Lipinski definition) is 4. The van der Waals surface area contributed by atoms with Gasteiger partial charge in [0.15, 0.2) is 0 Å². The molecule has 0 saturated heterocycles. The summed E-state index contributed by atoms with van der Waals surface area (Å²) in [6, 6.07) is 3.96. The van der Waals surface area contributed by atoms with E-state index >= 15 is 0 Å². The lowest BCUT2D eigenvalue weighted by Gasteiger charge is -2.19. The van der Waals surface area contributed by atoms with E-state index in [0.29, 0.717) is 12.4 Å². The van der Waals surface area contributed by atoms with Crippen LogP contribution < -0.4 is 0 Å². The molecular weight excluding hydrogens is 234 g/mol. The van der Waals surface area contributed by atoms with Crippen LogP contribution in [0.3, 0.4) is 0 Å². The largest absolute Gasteiger partial charge is 0.495 e. The highest BCUT2D eigenvalue weighted by atomic mass is 32.1. The van der Waals surface area contributed by atoms with Crippen molar-refractivity contribution in [3.63, 3.8) is 0 Å². The van der Waals surface area contributed by atoms with Crippen molar-refractivity contribution in [3.8, 4) is 0 Å². The third-order valence-electron chi connectivity index (χ3n) is 2.87. The molecule has 3 nitrogen and oxygen atoms in total. The zero-order valence-electron chi connectivity index (χ0n) is 9.30. The molecular formula is C13H13NO2S. The average Bonchev–Trinajstić information content (AvgIpc) is 2.86. The Hall–Kier alpha value is -1.39. The summed E-state index contributed by atoms with van der Waals surface area (Å²) in [5, 5.41) is 12.2. The standard InChI is InChI=1S/C13H13NO2S/c15-13(11-3-1-2-5-16-11)9-7-12-10(14-8-9)4-6-17-12/h3-4,6-8,13,15H,1-2,5H2. The molecule has 1 aliphatic heterocycles. The van der Waals surface area contributed by atoms with Gasteiger partial charge in [0, 0.05) is 11.8 Å². The first-order valence-corrected chi connectivity index (χ1v) is 6.56. The van der Waals surface area contributed by atoms with E-state index in [0.717, 1.165) is 28.6 Å². The molecule has 0 spiro atoms. The van der Waals surface area contributed by atoms with Crippen molar-refractivity contribution < 1.29 is 9.84 Å². The molecule has 2 aromatic rings. The highest BCUT2D eigenvalue weighted by molar-refractivity contribution is 7.17. The fourth-order valence-corrected chi connectivity index (χ4v) is 2.73. The number of aliphatic hydroxyl groups is 1. The smallest absolute Gasteiger partial charge is 0.137 e. The number of hydrogen-bond donors (Lipinski definition) is 1. The number of rotatable bonds is 2. The number of aliphatic hydroxyl groups excluding tert-OH is 1. The van der Waals surface area contributed by atoms with Crippen LogP contribution in [0, 0.1) is 0 Å². The van der Waals surface area contributed by atoms with Gasteiger partial charge in [0.05, 0.1) is 16.8 Å². The van der Waals surface area contributed by atoms with Crippen LogP contribution in [0.15, 0.2) is 35.5 Å². The van der Waals surface area contributed by atoms with Crippen molar-refractivity contribution >= 4 is 21.6 Å². The van der Waals surface area contributed by atoms with Crippen LogP contribution >= 0.6 is 11.3 Å². The number of thiophene rings is 1. The lowest BCUT2D eigenvalue weighted by molar-refractivity contribution is 0.0917. The van der Waals surface area contributed by atoms with Gasteiger partial charge < -0.3 is 9.84 Å². The van der Waals surface area contributed by atoms with Gasteiger partial charge in [0.25, 0.3) is 0 Å². The molecule has 1 unspecified atom stereocenters. The lowest BCUT2D eigenvalue weighted by atomic mass is 10.1. The Morgan fingerprint density at radius 3 is 3.24 bits per heavy atom. The number of pyridine rings is 1. The van der Waals surface area contributed by atoms with Crippen LogP contribution in [0.2, 0.25) is 0 Å². The van der Waals surface area contributed by atoms with Gasteiger partial charge in [-0.2, -0.15) is 0 Å². The normalized spacial score (nSPS) is 17.6. The zero-order chi connectivity index (χ0) is 11.7. The van der Waals surface area contributed by atoms with Crippen LogP contribution in [-0.4, -0.2) is 16.7 Å². The minimum atomic E-state index is -0.686. The van der Waals surface area contributed by atoms with E-state index in [1.54, 1.807) is 17.5 Å². The Kier molecular flexibility index (Phi) is 2.82. The summed E-state index contributed by atoms with van der Waals surface area (Å²) in [7, 11) is 0. The number of nitrogens with zero attached hydrogens (tertiary/aromatic N) is 1. The number of aromatic nitrogens is 1. The number of allylic oxidation sites excluding steroid dienone is 1. The van der Waals surface area contributed by atoms with Crippen LogP contribution in [0.1, 0.15) is 24.5 Å². The van der Waals surface area contributed by atoms with Crippen molar-refractivity contribution in [3.05, 3.63) is 41.1 Å². The second kappa shape index (κ2) is 4.47. The van der Waals surface area contributed by atoms with Gasteiger partial charge in [-0.05, 0) is 36.4 Å². The van der Waals surface area contributed by atoms with Crippen LogP contribution in [0.4, 0.5) is 0 Å². The SMILES string of the molecule is OC(C1=CCCCO1)c1cnc2ccsc2c1. The molecule has 0 amide bonds. The Morgan fingerprint density at radius 2 is 2.41 bits per heavy atom. The molecule has 17 heavy (non-hydrogen) atoms. The van der Waals surface area contributed by atoms with Gasteiger partial charge in [-0.3, -0.25) is 4.98 Å². The minimum absolute atomic E-state index is 0.661. The summed E-state index contributed by atoms with van der Waals surface area (Å²) in [6.45, 7) is 0.692. The summed E-state index contributed by atoms with van der Waals surface area (Å²) in [5.41, 5.74) is 1.78. The van der Waals surface area contributed by atoms with E-state index in [9.17, 15) is 5.11 Å². The van der Waals surface area contributed by atoms with E-state index < -0.39 is 6.10 Å². The highest BCUT2D eigenvalue weighted by Gasteiger charge is 2.17. The van der Waals surface area contributed by atoms with E-state index in [1.807, 2.05) is 23.6 Å². The van der Waals surface area contributed by atoms with E-state index in [2.05, 4.69) is 4.98 Å². The lowest BCUT2D eigenvalue weighted by Crippen LogP contribution is -2.09. The highest BCUT2D eigenvalue weighted by Crippen LogP contribution is 2.28. The third-order valence-corrected chi connectivity index (χ3v) is 3.72. The Bertz CT molecular complexity index is 561. The van der Waals surface area contributed by atoms with Gasteiger partial charge >= 0.3 is 0 Å². The fourth-order valence-electron chi connectivity index (χ4n) is 1.94. The predicted molar refractivity (Wildman–Crippen MR) is 67.8 cm³/mol. The van der Waals surface area contributed by atoms with Crippen molar-refractivity contribution in [2.24, 2.45) is 0 Å².